The van der Waals surface area contributed by atoms with Gasteiger partial charge in [-0.25, -0.2) is 9.07 Å². The molecule has 1 N–H and O–H groups in total. The monoisotopic (exact) mass is 432 g/mol. The van der Waals surface area contributed by atoms with Crippen molar-refractivity contribution in [3.8, 4) is 5.75 Å². The van der Waals surface area contributed by atoms with Gasteiger partial charge in [0.2, 0.25) is 0 Å². The molecule has 7 heteroatoms. The van der Waals surface area contributed by atoms with Crippen molar-refractivity contribution in [2.45, 2.75) is 33.4 Å². The predicted octanol–water partition coefficient (Wildman–Crippen LogP) is 4.59. The van der Waals surface area contributed by atoms with E-state index in [1.54, 1.807) is 36.4 Å². The van der Waals surface area contributed by atoms with Crippen molar-refractivity contribution in [1.29, 1.82) is 0 Å². The zero-order valence-electron chi connectivity index (χ0n) is 18.1. The topological polar surface area (TPSA) is 69.0 Å². The van der Waals surface area contributed by atoms with Crippen molar-refractivity contribution in [2.75, 3.05) is 6.61 Å². The summed E-state index contributed by atoms with van der Waals surface area (Å²) in [4.78, 5) is 12.3. The molecular weight excluding hydrogens is 407 g/mol. The minimum Gasteiger partial charge on any atom is -0.494 e. The molecule has 0 saturated heterocycles. The summed E-state index contributed by atoms with van der Waals surface area (Å²) in [7, 11) is 0. The second-order valence-corrected chi connectivity index (χ2v) is 7.77. The van der Waals surface area contributed by atoms with Gasteiger partial charge in [-0.05, 0) is 79.1 Å². The van der Waals surface area contributed by atoms with Crippen LogP contribution in [-0.2, 0) is 13.1 Å². The van der Waals surface area contributed by atoms with Gasteiger partial charge in [-0.1, -0.05) is 17.3 Å². The maximum absolute atomic E-state index is 13.0. The smallest absolute Gasteiger partial charge is 0.251 e. The van der Waals surface area contributed by atoms with Gasteiger partial charge in [0.15, 0.2) is 0 Å². The first kappa shape index (κ1) is 21.5. The number of rotatable bonds is 8. The van der Waals surface area contributed by atoms with Crippen LogP contribution in [0.1, 0.15) is 33.5 Å². The normalized spacial score (nSPS) is 11.0. The lowest BCUT2D eigenvalue weighted by Crippen LogP contribution is -2.22. The highest BCUT2D eigenvalue weighted by atomic mass is 19.1. The number of halogens is 1. The third-order valence-corrected chi connectivity index (χ3v) is 5.40. The molecule has 0 atom stereocenters. The number of aryl methyl sites for hydroxylation is 3. The second kappa shape index (κ2) is 9.60. The molecule has 0 unspecified atom stereocenters. The van der Waals surface area contributed by atoms with E-state index in [1.807, 2.05) is 4.68 Å². The molecule has 0 aliphatic rings. The van der Waals surface area contributed by atoms with Crippen LogP contribution in [0.3, 0.4) is 0 Å². The van der Waals surface area contributed by atoms with Crippen LogP contribution in [0.15, 0.2) is 60.7 Å². The van der Waals surface area contributed by atoms with E-state index in [0.29, 0.717) is 31.0 Å². The molecule has 0 saturated carbocycles. The van der Waals surface area contributed by atoms with E-state index in [-0.39, 0.29) is 11.7 Å². The maximum atomic E-state index is 13.0. The van der Waals surface area contributed by atoms with Gasteiger partial charge in [0.25, 0.3) is 5.91 Å². The summed E-state index contributed by atoms with van der Waals surface area (Å²) >= 11 is 0. The van der Waals surface area contributed by atoms with E-state index in [4.69, 9.17) is 4.74 Å². The summed E-state index contributed by atoms with van der Waals surface area (Å²) in [5.74, 6) is 0.218. The molecule has 0 spiro atoms. The van der Waals surface area contributed by atoms with Gasteiger partial charge in [-0.3, -0.25) is 4.79 Å². The first-order valence-corrected chi connectivity index (χ1v) is 10.6. The van der Waals surface area contributed by atoms with Crippen LogP contribution in [0.4, 0.5) is 4.39 Å². The number of aromatic nitrogens is 3. The minimum atomic E-state index is -0.296. The SMILES string of the molecule is Cc1cc2nnn(CCCOc3ccc(C(=O)NCc4ccc(F)cc4)cc3)c2cc1C. The molecule has 32 heavy (non-hydrogen) atoms. The fraction of sp³-hybridized carbons (Fsp3) is 0.240. The van der Waals surface area contributed by atoms with Crippen molar-refractivity contribution < 1.29 is 13.9 Å². The molecular formula is C25H25FN4O2. The average molecular weight is 432 g/mol. The molecule has 164 valence electrons. The Hall–Kier alpha value is -3.74. The maximum Gasteiger partial charge on any atom is 0.251 e. The van der Waals surface area contributed by atoms with E-state index < -0.39 is 0 Å². The number of carbonyl (C=O) groups is 1. The Morgan fingerprint density at radius 3 is 2.50 bits per heavy atom. The Bertz CT molecular complexity index is 1220. The van der Waals surface area contributed by atoms with Crippen LogP contribution in [0.2, 0.25) is 0 Å². The summed E-state index contributed by atoms with van der Waals surface area (Å²) in [5.41, 5.74) is 5.75. The number of hydrogen-bond acceptors (Lipinski definition) is 4. The van der Waals surface area contributed by atoms with Crippen molar-refractivity contribution in [1.82, 2.24) is 20.3 Å². The number of nitrogens with zero attached hydrogens (tertiary/aromatic N) is 3. The molecule has 1 aromatic heterocycles. The predicted molar refractivity (Wildman–Crippen MR) is 121 cm³/mol. The van der Waals surface area contributed by atoms with Crippen LogP contribution >= 0.6 is 0 Å². The van der Waals surface area contributed by atoms with Crippen LogP contribution in [-0.4, -0.2) is 27.5 Å². The molecule has 6 nitrogen and oxygen atoms in total. The van der Waals surface area contributed by atoms with Gasteiger partial charge >= 0.3 is 0 Å². The zero-order valence-corrected chi connectivity index (χ0v) is 18.1. The number of nitrogens with one attached hydrogen (secondary N) is 1. The van der Waals surface area contributed by atoms with Gasteiger partial charge in [0.05, 0.1) is 12.1 Å². The molecule has 3 aromatic carbocycles. The third-order valence-electron chi connectivity index (χ3n) is 5.40. The van der Waals surface area contributed by atoms with Crippen LogP contribution in [0.25, 0.3) is 11.0 Å². The van der Waals surface area contributed by atoms with Crippen molar-refractivity contribution in [3.63, 3.8) is 0 Å². The van der Waals surface area contributed by atoms with Gasteiger partial charge in [-0.2, -0.15) is 0 Å². The zero-order chi connectivity index (χ0) is 22.5. The van der Waals surface area contributed by atoms with Crippen LogP contribution < -0.4 is 10.1 Å². The number of benzene rings is 3. The summed E-state index contributed by atoms with van der Waals surface area (Å²) in [6, 6.07) is 17.2. The molecule has 0 radical (unpaired) electrons. The van der Waals surface area contributed by atoms with Gasteiger partial charge in [0, 0.05) is 25.1 Å². The van der Waals surface area contributed by atoms with Crippen molar-refractivity contribution in [3.05, 3.63) is 88.7 Å². The van der Waals surface area contributed by atoms with Crippen LogP contribution in [0, 0.1) is 19.7 Å². The molecule has 4 rings (SSSR count). The fourth-order valence-electron chi connectivity index (χ4n) is 3.38. The number of fused-ring (bicyclic) bond motifs is 1. The molecule has 0 aliphatic carbocycles. The Morgan fingerprint density at radius 2 is 1.75 bits per heavy atom. The van der Waals surface area contributed by atoms with Crippen LogP contribution in [0.5, 0.6) is 5.75 Å². The standard InChI is InChI=1S/C25H25FN4O2/c1-17-14-23-24(15-18(17)2)30(29-28-23)12-3-13-32-22-10-6-20(7-11-22)25(31)27-16-19-4-8-21(26)9-5-19/h4-11,14-15H,3,12-13,16H2,1-2H3,(H,27,31). The lowest BCUT2D eigenvalue weighted by atomic mass is 10.1. The summed E-state index contributed by atoms with van der Waals surface area (Å²) in [6.45, 7) is 5.74. The second-order valence-electron chi connectivity index (χ2n) is 7.77. The first-order chi connectivity index (χ1) is 15.5. The molecule has 1 heterocycles. The number of amides is 1. The van der Waals surface area contributed by atoms with E-state index in [0.717, 1.165) is 23.0 Å². The van der Waals surface area contributed by atoms with E-state index in [2.05, 4.69) is 41.6 Å². The van der Waals surface area contributed by atoms with E-state index in [1.165, 1.54) is 23.3 Å². The van der Waals surface area contributed by atoms with Gasteiger partial charge < -0.3 is 10.1 Å². The highest BCUT2D eigenvalue weighted by Crippen LogP contribution is 2.18. The first-order valence-electron chi connectivity index (χ1n) is 10.6. The minimum absolute atomic E-state index is 0.190. The highest BCUT2D eigenvalue weighted by molar-refractivity contribution is 5.94. The van der Waals surface area contributed by atoms with E-state index >= 15 is 0 Å². The van der Waals surface area contributed by atoms with Gasteiger partial charge in [-0.15, -0.1) is 5.10 Å². The summed E-state index contributed by atoms with van der Waals surface area (Å²) in [6.07, 6.45) is 0.783. The Labute approximate surface area is 186 Å². The Kier molecular flexibility index (Phi) is 6.44. The molecule has 0 fully saturated rings. The average Bonchev–Trinajstić information content (AvgIpc) is 3.18. The number of carbonyl (C=O) groups excluding carboxylic acids is 1. The van der Waals surface area contributed by atoms with Crippen molar-refractivity contribution >= 4 is 16.9 Å². The number of ether oxygens (including phenoxy) is 1. The van der Waals surface area contributed by atoms with Crippen molar-refractivity contribution in [2.24, 2.45) is 0 Å². The molecule has 0 aliphatic heterocycles. The molecule has 1 amide bonds. The Balaban J connectivity index is 1.24. The Morgan fingerprint density at radius 1 is 1.03 bits per heavy atom. The van der Waals surface area contributed by atoms with E-state index in [9.17, 15) is 9.18 Å². The lowest BCUT2D eigenvalue weighted by Gasteiger charge is -2.09. The third kappa shape index (κ3) is 5.11. The highest BCUT2D eigenvalue weighted by Gasteiger charge is 2.08. The molecule has 0 bridgehead atoms. The van der Waals surface area contributed by atoms with Gasteiger partial charge in [0.1, 0.15) is 17.1 Å². The number of hydrogen-bond donors (Lipinski definition) is 1. The largest absolute Gasteiger partial charge is 0.494 e. The molecule has 4 aromatic rings. The quantitative estimate of drug-likeness (QED) is 0.414. The fourth-order valence-corrected chi connectivity index (χ4v) is 3.38. The summed E-state index contributed by atoms with van der Waals surface area (Å²) in [5, 5.41) is 11.3. The summed E-state index contributed by atoms with van der Waals surface area (Å²) < 4.78 is 20.7. The lowest BCUT2D eigenvalue weighted by molar-refractivity contribution is 0.0951.